The molecular weight excluding hydrogens is 208 g/mol. The molecule has 0 saturated heterocycles. The summed E-state index contributed by atoms with van der Waals surface area (Å²) in [6.07, 6.45) is 0.988. The highest BCUT2D eigenvalue weighted by Gasteiger charge is 2.05. The zero-order chi connectivity index (χ0) is 9.68. The van der Waals surface area contributed by atoms with E-state index in [0.29, 0.717) is 17.5 Å². The van der Waals surface area contributed by atoms with Crippen molar-refractivity contribution in [2.24, 2.45) is 0 Å². The van der Waals surface area contributed by atoms with Crippen molar-refractivity contribution in [2.45, 2.75) is 17.4 Å². The van der Waals surface area contributed by atoms with Gasteiger partial charge in [-0.05, 0) is 6.92 Å². The van der Waals surface area contributed by atoms with Crippen LogP contribution in [0.1, 0.15) is 6.92 Å². The molecule has 0 radical (unpaired) electrons. The van der Waals surface area contributed by atoms with Gasteiger partial charge in [0.15, 0.2) is 11.4 Å². The van der Waals surface area contributed by atoms with Crippen molar-refractivity contribution in [2.75, 3.05) is 18.1 Å². The summed E-state index contributed by atoms with van der Waals surface area (Å²) in [5, 5.41) is 9.78. The second kappa shape index (κ2) is 5.43. The molecule has 0 bridgehead atoms. The first-order valence-electron chi connectivity index (χ1n) is 3.86. The molecule has 0 amide bonds. The van der Waals surface area contributed by atoms with Gasteiger partial charge in [-0.25, -0.2) is 4.98 Å². The van der Waals surface area contributed by atoms with Crippen LogP contribution in [0.15, 0.2) is 10.4 Å². The largest absolute Gasteiger partial charge is 0.375 e. The van der Waals surface area contributed by atoms with E-state index in [0.717, 1.165) is 4.21 Å². The molecule has 0 aliphatic rings. The fraction of sp³-hybridized carbons (Fsp3) is 0.571. The summed E-state index contributed by atoms with van der Waals surface area (Å²) in [5.41, 5.74) is 5.44. The van der Waals surface area contributed by atoms with Gasteiger partial charge in [-0.2, -0.15) is 0 Å². The third-order valence-corrected chi connectivity index (χ3v) is 3.30. The average molecular weight is 220 g/mol. The standard InChI is InChI=1S/C7H12N2O2S2/c1-2-11-5(10)4-12-6-3-9-7(8)13-6/h3,5,10H,2,4H2,1H3,(H2,8,9). The number of hydrogen-bond donors (Lipinski definition) is 2. The fourth-order valence-corrected chi connectivity index (χ4v) is 2.38. The minimum atomic E-state index is -0.710. The van der Waals surface area contributed by atoms with Crippen molar-refractivity contribution in [3.63, 3.8) is 0 Å². The Labute approximate surface area is 85.1 Å². The Morgan fingerprint density at radius 2 is 2.62 bits per heavy atom. The fourth-order valence-electron chi connectivity index (χ4n) is 0.733. The van der Waals surface area contributed by atoms with Crippen LogP contribution in [0.3, 0.4) is 0 Å². The van der Waals surface area contributed by atoms with E-state index in [-0.39, 0.29) is 0 Å². The van der Waals surface area contributed by atoms with E-state index in [2.05, 4.69) is 4.98 Å². The smallest absolute Gasteiger partial charge is 0.181 e. The van der Waals surface area contributed by atoms with E-state index in [4.69, 9.17) is 10.5 Å². The molecule has 0 saturated carbocycles. The Morgan fingerprint density at radius 3 is 3.15 bits per heavy atom. The molecule has 13 heavy (non-hydrogen) atoms. The molecule has 74 valence electrons. The molecule has 0 aliphatic carbocycles. The van der Waals surface area contributed by atoms with Gasteiger partial charge in [-0.1, -0.05) is 11.3 Å². The highest BCUT2D eigenvalue weighted by molar-refractivity contribution is 8.01. The van der Waals surface area contributed by atoms with Crippen LogP contribution in [-0.4, -0.2) is 28.7 Å². The molecule has 1 atom stereocenters. The summed E-state index contributed by atoms with van der Waals surface area (Å²) in [5.74, 6) is 0.509. The van der Waals surface area contributed by atoms with Gasteiger partial charge in [0.2, 0.25) is 0 Å². The van der Waals surface area contributed by atoms with Crippen LogP contribution in [0.25, 0.3) is 0 Å². The first-order chi connectivity index (χ1) is 6.22. The van der Waals surface area contributed by atoms with E-state index in [1.807, 2.05) is 6.92 Å². The van der Waals surface area contributed by atoms with Gasteiger partial charge in [-0.15, -0.1) is 11.8 Å². The van der Waals surface area contributed by atoms with E-state index >= 15 is 0 Å². The maximum absolute atomic E-state index is 9.23. The lowest BCUT2D eigenvalue weighted by Crippen LogP contribution is -2.14. The van der Waals surface area contributed by atoms with Gasteiger partial charge < -0.3 is 15.6 Å². The highest BCUT2D eigenvalue weighted by atomic mass is 32.2. The number of aliphatic hydroxyl groups excluding tert-OH is 1. The average Bonchev–Trinajstić information content (AvgIpc) is 2.49. The zero-order valence-corrected chi connectivity index (χ0v) is 8.90. The molecular formula is C7H12N2O2S2. The lowest BCUT2D eigenvalue weighted by molar-refractivity contribution is -0.0764. The topological polar surface area (TPSA) is 68.4 Å². The molecule has 0 spiro atoms. The van der Waals surface area contributed by atoms with E-state index in [1.54, 1.807) is 6.20 Å². The molecule has 6 heteroatoms. The molecule has 4 nitrogen and oxygen atoms in total. The maximum Gasteiger partial charge on any atom is 0.181 e. The predicted molar refractivity (Wildman–Crippen MR) is 54.9 cm³/mol. The molecule has 1 heterocycles. The maximum atomic E-state index is 9.23. The number of anilines is 1. The number of nitrogen functional groups attached to an aromatic ring is 1. The van der Waals surface area contributed by atoms with Crippen LogP contribution in [0, 0.1) is 0 Å². The summed E-state index contributed by atoms with van der Waals surface area (Å²) in [6.45, 7) is 2.37. The number of ether oxygens (including phenoxy) is 1. The van der Waals surface area contributed by atoms with Gasteiger partial charge in [-0.3, -0.25) is 0 Å². The Kier molecular flexibility index (Phi) is 4.51. The van der Waals surface area contributed by atoms with Crippen molar-refractivity contribution >= 4 is 28.2 Å². The van der Waals surface area contributed by atoms with Crippen LogP contribution < -0.4 is 5.73 Å². The van der Waals surface area contributed by atoms with Gasteiger partial charge in [0.05, 0.1) is 10.4 Å². The number of aliphatic hydroxyl groups is 1. The molecule has 3 N–H and O–H groups in total. The number of aromatic nitrogens is 1. The number of hydrogen-bond acceptors (Lipinski definition) is 6. The van der Waals surface area contributed by atoms with Crippen LogP contribution in [0.2, 0.25) is 0 Å². The molecule has 0 fully saturated rings. The van der Waals surface area contributed by atoms with E-state index in [9.17, 15) is 5.11 Å². The van der Waals surface area contributed by atoms with Crippen molar-refractivity contribution in [3.05, 3.63) is 6.20 Å². The number of rotatable bonds is 5. The Hall–Kier alpha value is -0.300. The second-order valence-corrected chi connectivity index (χ2v) is 4.62. The third kappa shape index (κ3) is 3.95. The highest BCUT2D eigenvalue weighted by Crippen LogP contribution is 2.26. The lowest BCUT2D eigenvalue weighted by atomic mass is 10.7. The monoisotopic (exact) mass is 220 g/mol. The zero-order valence-electron chi connectivity index (χ0n) is 7.27. The first-order valence-corrected chi connectivity index (χ1v) is 5.66. The summed E-state index contributed by atoms with van der Waals surface area (Å²) < 4.78 is 5.95. The summed E-state index contributed by atoms with van der Waals surface area (Å²) in [4.78, 5) is 3.89. The number of thioether (sulfide) groups is 1. The summed E-state index contributed by atoms with van der Waals surface area (Å²) >= 11 is 2.90. The van der Waals surface area contributed by atoms with Crippen LogP contribution in [0.5, 0.6) is 0 Å². The molecule has 1 aromatic rings. The molecule has 1 rings (SSSR count). The minimum absolute atomic E-state index is 0.509. The van der Waals surface area contributed by atoms with Crippen molar-refractivity contribution in [3.8, 4) is 0 Å². The quantitative estimate of drug-likeness (QED) is 0.576. The van der Waals surface area contributed by atoms with Gasteiger partial charge in [0.1, 0.15) is 0 Å². The molecule has 0 aromatic carbocycles. The van der Waals surface area contributed by atoms with E-state index < -0.39 is 6.29 Å². The van der Waals surface area contributed by atoms with Crippen molar-refractivity contribution in [1.82, 2.24) is 4.98 Å². The lowest BCUT2D eigenvalue weighted by Gasteiger charge is -2.07. The Morgan fingerprint density at radius 1 is 1.85 bits per heavy atom. The van der Waals surface area contributed by atoms with Crippen LogP contribution >= 0.6 is 23.1 Å². The molecule has 1 aromatic heterocycles. The summed E-state index contributed by atoms with van der Waals surface area (Å²) in [7, 11) is 0. The Bertz CT molecular complexity index is 254. The third-order valence-electron chi connectivity index (χ3n) is 1.23. The molecule has 1 unspecified atom stereocenters. The molecule has 0 aliphatic heterocycles. The Balaban J connectivity index is 2.26. The van der Waals surface area contributed by atoms with Gasteiger partial charge >= 0.3 is 0 Å². The number of nitrogens with zero attached hydrogens (tertiary/aromatic N) is 1. The SMILES string of the molecule is CCOC(O)CSc1cnc(N)s1. The van der Waals surface area contributed by atoms with Gasteiger partial charge in [0, 0.05) is 12.4 Å². The minimum Gasteiger partial charge on any atom is -0.375 e. The van der Waals surface area contributed by atoms with Crippen molar-refractivity contribution in [1.29, 1.82) is 0 Å². The van der Waals surface area contributed by atoms with Crippen molar-refractivity contribution < 1.29 is 9.84 Å². The van der Waals surface area contributed by atoms with Crippen LogP contribution in [-0.2, 0) is 4.74 Å². The first kappa shape index (κ1) is 10.8. The second-order valence-electron chi connectivity index (χ2n) is 2.24. The van der Waals surface area contributed by atoms with Crippen LogP contribution in [0.4, 0.5) is 5.13 Å². The van der Waals surface area contributed by atoms with Gasteiger partial charge in [0.25, 0.3) is 0 Å². The van der Waals surface area contributed by atoms with E-state index in [1.165, 1.54) is 23.1 Å². The normalized spacial score (nSPS) is 13.1. The number of nitrogens with two attached hydrogens (primary N) is 1. The number of thiazole rings is 1. The predicted octanol–water partition coefficient (Wildman–Crippen LogP) is 1.17. The summed E-state index contributed by atoms with van der Waals surface area (Å²) in [6, 6.07) is 0.